The van der Waals surface area contributed by atoms with Crippen LogP contribution in [0.4, 0.5) is 0 Å². The smallest absolute Gasteiger partial charge is 0.241 e. The number of nitrogens with one attached hydrogen (secondary N) is 2. The summed E-state index contributed by atoms with van der Waals surface area (Å²) in [5, 5.41) is 2.68. The number of nitrogens with zero attached hydrogens (tertiary/aromatic N) is 1. The fraction of sp³-hybridized carbons (Fsp3) is 0.562. The molecule has 0 fully saturated rings. The molecule has 136 valence electrons. The van der Waals surface area contributed by atoms with Crippen molar-refractivity contribution < 1.29 is 17.9 Å². The number of amides is 1. The first-order valence-corrected chi connectivity index (χ1v) is 9.37. The minimum absolute atomic E-state index is 0.0155. The van der Waals surface area contributed by atoms with Crippen LogP contribution >= 0.6 is 0 Å². The molecule has 7 nitrogen and oxygen atoms in total. The molecule has 1 aromatic carbocycles. The van der Waals surface area contributed by atoms with Gasteiger partial charge in [0, 0.05) is 6.54 Å². The van der Waals surface area contributed by atoms with Crippen LogP contribution in [0.3, 0.4) is 0 Å². The van der Waals surface area contributed by atoms with E-state index >= 15 is 0 Å². The monoisotopic (exact) mass is 357 g/mol. The normalized spacial score (nSPS) is 11.8. The molecular formula is C16H27N3O4S. The van der Waals surface area contributed by atoms with E-state index in [2.05, 4.69) is 10.0 Å². The number of hydrogen-bond acceptors (Lipinski definition) is 5. The summed E-state index contributed by atoms with van der Waals surface area (Å²) in [6, 6.07) is 6.09. The van der Waals surface area contributed by atoms with Crippen molar-refractivity contribution in [2.45, 2.75) is 31.3 Å². The molecule has 1 aromatic rings. The number of ether oxygens (including phenoxy) is 1. The third-order valence-corrected chi connectivity index (χ3v) is 4.45. The Labute approximate surface area is 144 Å². The number of sulfonamides is 1. The molecule has 0 spiro atoms. The highest BCUT2D eigenvalue weighted by Crippen LogP contribution is 2.16. The molecular weight excluding hydrogens is 330 g/mol. The van der Waals surface area contributed by atoms with E-state index < -0.39 is 10.0 Å². The predicted molar refractivity (Wildman–Crippen MR) is 93.6 cm³/mol. The highest BCUT2D eigenvalue weighted by molar-refractivity contribution is 7.89. The lowest BCUT2D eigenvalue weighted by atomic mass is 10.3. The van der Waals surface area contributed by atoms with Crippen LogP contribution in [0.15, 0.2) is 29.2 Å². The zero-order valence-electron chi connectivity index (χ0n) is 14.7. The van der Waals surface area contributed by atoms with Crippen molar-refractivity contribution in [2.75, 3.05) is 33.7 Å². The van der Waals surface area contributed by atoms with Crippen LogP contribution in [0.1, 0.15) is 20.3 Å². The van der Waals surface area contributed by atoms with Gasteiger partial charge in [0.2, 0.25) is 15.9 Å². The molecule has 0 aliphatic carbocycles. The van der Waals surface area contributed by atoms with E-state index in [9.17, 15) is 13.2 Å². The second kappa shape index (κ2) is 9.61. The van der Waals surface area contributed by atoms with Crippen molar-refractivity contribution in [3.63, 3.8) is 0 Å². The van der Waals surface area contributed by atoms with Crippen LogP contribution < -0.4 is 14.8 Å². The van der Waals surface area contributed by atoms with E-state index in [1.165, 1.54) is 12.1 Å². The molecule has 0 saturated carbocycles. The van der Waals surface area contributed by atoms with Crippen LogP contribution in [-0.4, -0.2) is 59.1 Å². The average Bonchev–Trinajstić information content (AvgIpc) is 2.49. The van der Waals surface area contributed by atoms with Crippen LogP contribution in [0, 0.1) is 0 Å². The Morgan fingerprint density at radius 1 is 1.21 bits per heavy atom. The van der Waals surface area contributed by atoms with Gasteiger partial charge >= 0.3 is 0 Å². The fourth-order valence-corrected chi connectivity index (χ4v) is 2.88. The van der Waals surface area contributed by atoms with Gasteiger partial charge in [-0.05, 0) is 65.2 Å². The summed E-state index contributed by atoms with van der Waals surface area (Å²) < 4.78 is 32.1. The summed E-state index contributed by atoms with van der Waals surface area (Å²) in [7, 11) is 0.184. The molecule has 0 aliphatic heterocycles. The van der Waals surface area contributed by atoms with Gasteiger partial charge in [0.15, 0.2) is 0 Å². The SMILES string of the molecule is CC(C)Oc1ccc(S(=O)(=O)NCC(=O)NCCCN(C)C)cc1. The van der Waals surface area contributed by atoms with Gasteiger partial charge in [-0.1, -0.05) is 0 Å². The molecule has 24 heavy (non-hydrogen) atoms. The first-order chi connectivity index (χ1) is 11.2. The van der Waals surface area contributed by atoms with Crippen molar-refractivity contribution in [2.24, 2.45) is 0 Å². The van der Waals surface area contributed by atoms with Gasteiger partial charge in [-0.2, -0.15) is 0 Å². The van der Waals surface area contributed by atoms with E-state index in [4.69, 9.17) is 4.74 Å². The number of carbonyl (C=O) groups is 1. The zero-order chi connectivity index (χ0) is 18.2. The van der Waals surface area contributed by atoms with Gasteiger partial charge in [0.05, 0.1) is 17.5 Å². The maximum absolute atomic E-state index is 12.2. The van der Waals surface area contributed by atoms with Crippen molar-refractivity contribution in [1.82, 2.24) is 14.9 Å². The van der Waals surface area contributed by atoms with Crippen molar-refractivity contribution in [1.29, 1.82) is 0 Å². The highest BCUT2D eigenvalue weighted by atomic mass is 32.2. The summed E-state index contributed by atoms with van der Waals surface area (Å²) in [5.41, 5.74) is 0. The topological polar surface area (TPSA) is 87.7 Å². The minimum atomic E-state index is -3.72. The van der Waals surface area contributed by atoms with Gasteiger partial charge in [-0.3, -0.25) is 4.79 Å². The summed E-state index contributed by atoms with van der Waals surface area (Å²) >= 11 is 0. The first kappa shape index (κ1) is 20.4. The lowest BCUT2D eigenvalue weighted by molar-refractivity contribution is -0.119. The minimum Gasteiger partial charge on any atom is -0.491 e. The van der Waals surface area contributed by atoms with E-state index in [1.807, 2.05) is 32.8 Å². The third kappa shape index (κ3) is 7.76. The Morgan fingerprint density at radius 3 is 2.38 bits per heavy atom. The Morgan fingerprint density at radius 2 is 1.83 bits per heavy atom. The summed E-state index contributed by atoms with van der Waals surface area (Å²) in [4.78, 5) is 13.8. The molecule has 0 unspecified atom stereocenters. The van der Waals surface area contributed by atoms with Crippen LogP contribution in [0.25, 0.3) is 0 Å². The number of benzene rings is 1. The van der Waals surface area contributed by atoms with Gasteiger partial charge < -0.3 is 15.0 Å². The van der Waals surface area contributed by atoms with E-state index in [0.717, 1.165) is 13.0 Å². The standard InChI is InChI=1S/C16H27N3O4S/c1-13(2)23-14-6-8-15(9-7-14)24(21,22)18-12-16(20)17-10-5-11-19(3)4/h6-9,13,18H,5,10-12H2,1-4H3,(H,17,20). The lowest BCUT2D eigenvalue weighted by Crippen LogP contribution is -2.37. The van der Waals surface area contributed by atoms with E-state index in [0.29, 0.717) is 12.3 Å². The quantitative estimate of drug-likeness (QED) is 0.605. The molecule has 1 amide bonds. The summed E-state index contributed by atoms with van der Waals surface area (Å²) in [6.45, 7) is 4.87. The number of rotatable bonds is 10. The average molecular weight is 357 g/mol. The molecule has 8 heteroatoms. The predicted octanol–water partition coefficient (Wildman–Crippen LogP) is 0.820. The second-order valence-electron chi connectivity index (χ2n) is 5.97. The van der Waals surface area contributed by atoms with E-state index in [1.54, 1.807) is 12.1 Å². The zero-order valence-corrected chi connectivity index (χ0v) is 15.5. The second-order valence-corrected chi connectivity index (χ2v) is 7.74. The Balaban J connectivity index is 2.47. The molecule has 0 saturated heterocycles. The van der Waals surface area contributed by atoms with Crippen LogP contribution in [0.2, 0.25) is 0 Å². The van der Waals surface area contributed by atoms with Gasteiger partial charge in [-0.25, -0.2) is 13.1 Å². The Kier molecular flexibility index (Phi) is 8.17. The van der Waals surface area contributed by atoms with Gasteiger partial charge in [0.1, 0.15) is 5.75 Å². The van der Waals surface area contributed by atoms with E-state index in [-0.39, 0.29) is 23.5 Å². The highest BCUT2D eigenvalue weighted by Gasteiger charge is 2.15. The fourth-order valence-electron chi connectivity index (χ4n) is 1.90. The van der Waals surface area contributed by atoms with Crippen molar-refractivity contribution >= 4 is 15.9 Å². The van der Waals surface area contributed by atoms with Crippen LogP contribution in [0.5, 0.6) is 5.75 Å². The number of carbonyl (C=O) groups excluding carboxylic acids is 1. The maximum atomic E-state index is 12.2. The van der Waals surface area contributed by atoms with Crippen molar-refractivity contribution in [3.05, 3.63) is 24.3 Å². The molecule has 0 bridgehead atoms. The van der Waals surface area contributed by atoms with Gasteiger partial charge in [0.25, 0.3) is 0 Å². The maximum Gasteiger partial charge on any atom is 0.241 e. The third-order valence-electron chi connectivity index (χ3n) is 3.03. The first-order valence-electron chi connectivity index (χ1n) is 7.88. The van der Waals surface area contributed by atoms with Crippen molar-refractivity contribution in [3.8, 4) is 5.75 Å². The largest absolute Gasteiger partial charge is 0.491 e. The molecule has 2 N–H and O–H groups in total. The van der Waals surface area contributed by atoms with Gasteiger partial charge in [-0.15, -0.1) is 0 Å². The summed E-state index contributed by atoms with van der Waals surface area (Å²) in [5.74, 6) is 0.250. The van der Waals surface area contributed by atoms with Crippen LogP contribution in [-0.2, 0) is 14.8 Å². The lowest BCUT2D eigenvalue weighted by Gasteiger charge is -2.11. The number of hydrogen-bond donors (Lipinski definition) is 2. The molecule has 0 aromatic heterocycles. The Hall–Kier alpha value is -1.64. The Bertz CT molecular complexity index is 613. The summed E-state index contributed by atoms with van der Waals surface area (Å²) in [6.07, 6.45) is 0.824. The molecule has 0 atom stereocenters. The molecule has 0 aliphatic rings. The molecule has 0 heterocycles. The molecule has 0 radical (unpaired) electrons. The molecule has 1 rings (SSSR count).